The Hall–Kier alpha value is -1.32. The van der Waals surface area contributed by atoms with Crippen molar-refractivity contribution in [3.8, 4) is 0 Å². The molecule has 15 heavy (non-hydrogen) atoms. The molecule has 0 radical (unpaired) electrons. The Morgan fingerprint density at radius 1 is 1.47 bits per heavy atom. The quantitative estimate of drug-likeness (QED) is 0.743. The molecule has 0 saturated heterocycles. The summed E-state index contributed by atoms with van der Waals surface area (Å²) in [5.74, 6) is 0.459. The van der Waals surface area contributed by atoms with Crippen molar-refractivity contribution in [1.82, 2.24) is 10.6 Å². The first kappa shape index (κ1) is 11.8. The highest BCUT2D eigenvalue weighted by atomic mass is 16.2. The van der Waals surface area contributed by atoms with E-state index in [1.165, 1.54) is 6.92 Å². The lowest BCUT2D eigenvalue weighted by molar-refractivity contribution is -0.114. The van der Waals surface area contributed by atoms with Gasteiger partial charge in [-0.05, 0) is 26.2 Å². The van der Waals surface area contributed by atoms with Crippen LogP contribution in [0.3, 0.4) is 0 Å². The average Bonchev–Trinajstić information content (AvgIpc) is 1.99. The van der Waals surface area contributed by atoms with Crippen LogP contribution in [-0.2, 0) is 4.79 Å². The van der Waals surface area contributed by atoms with E-state index in [2.05, 4.69) is 24.5 Å². The van der Waals surface area contributed by atoms with Gasteiger partial charge in [-0.15, -0.1) is 0 Å². The van der Waals surface area contributed by atoms with Gasteiger partial charge >= 0.3 is 6.03 Å². The minimum atomic E-state index is -0.219. The summed E-state index contributed by atoms with van der Waals surface area (Å²) in [4.78, 5) is 22.7. The van der Waals surface area contributed by atoms with E-state index in [9.17, 15) is 9.59 Å². The molecule has 0 aromatic carbocycles. The van der Waals surface area contributed by atoms with Gasteiger partial charge in [0.05, 0.1) is 6.04 Å². The Labute approximate surface area is 90.1 Å². The molecule has 2 amide bonds. The number of rotatable bonds is 3. The number of amides is 2. The normalized spacial score (nSPS) is 21.4. The van der Waals surface area contributed by atoms with Crippen molar-refractivity contribution in [2.75, 3.05) is 0 Å². The van der Waals surface area contributed by atoms with Crippen molar-refractivity contribution < 1.29 is 9.59 Å². The van der Waals surface area contributed by atoms with Crippen LogP contribution in [0, 0.1) is 5.92 Å². The fourth-order valence-electron chi connectivity index (χ4n) is 1.92. The number of nitrogens with one attached hydrogen (secondary N) is 2. The van der Waals surface area contributed by atoms with Crippen LogP contribution < -0.4 is 10.6 Å². The van der Waals surface area contributed by atoms with Gasteiger partial charge in [-0.25, -0.2) is 4.79 Å². The number of carbonyl (C=O) groups excluding carboxylic acids is 2. The molecule has 1 aliphatic heterocycles. The maximum atomic E-state index is 11.5. The maximum Gasteiger partial charge on any atom is 0.319 e. The molecule has 0 spiro atoms. The van der Waals surface area contributed by atoms with Gasteiger partial charge in [0.15, 0.2) is 5.78 Å². The summed E-state index contributed by atoms with van der Waals surface area (Å²) in [6.45, 7) is 7.44. The summed E-state index contributed by atoms with van der Waals surface area (Å²) in [6, 6.07) is -0.362. The van der Waals surface area contributed by atoms with E-state index in [4.69, 9.17) is 0 Å². The van der Waals surface area contributed by atoms with Gasteiger partial charge < -0.3 is 10.6 Å². The highest BCUT2D eigenvalue weighted by Gasteiger charge is 2.27. The summed E-state index contributed by atoms with van der Waals surface area (Å²) in [7, 11) is 0. The van der Waals surface area contributed by atoms with E-state index in [0.29, 0.717) is 17.2 Å². The van der Waals surface area contributed by atoms with E-state index in [0.717, 1.165) is 6.42 Å². The zero-order chi connectivity index (χ0) is 11.6. The predicted molar refractivity (Wildman–Crippen MR) is 58.3 cm³/mol. The van der Waals surface area contributed by atoms with E-state index < -0.39 is 0 Å². The first-order valence-electron chi connectivity index (χ1n) is 5.21. The van der Waals surface area contributed by atoms with Gasteiger partial charge in [-0.3, -0.25) is 4.79 Å². The number of carbonyl (C=O) groups is 2. The Morgan fingerprint density at radius 3 is 2.53 bits per heavy atom. The van der Waals surface area contributed by atoms with Crippen molar-refractivity contribution in [3.05, 3.63) is 11.3 Å². The molecule has 1 aliphatic rings. The summed E-state index contributed by atoms with van der Waals surface area (Å²) in [5.41, 5.74) is 1.38. The Balaban J connectivity index is 2.96. The second-order valence-corrected chi connectivity index (χ2v) is 4.38. The van der Waals surface area contributed by atoms with Crippen LogP contribution in [0.25, 0.3) is 0 Å². The Morgan fingerprint density at radius 2 is 2.07 bits per heavy atom. The third-order valence-electron chi connectivity index (χ3n) is 2.45. The van der Waals surface area contributed by atoms with Gasteiger partial charge in [-0.1, -0.05) is 13.8 Å². The molecule has 4 heteroatoms. The lowest BCUT2D eigenvalue weighted by Crippen LogP contribution is -2.49. The molecule has 84 valence electrons. The molecule has 1 heterocycles. The van der Waals surface area contributed by atoms with Crippen LogP contribution in [0.4, 0.5) is 4.79 Å². The van der Waals surface area contributed by atoms with Crippen molar-refractivity contribution in [3.63, 3.8) is 0 Å². The third-order valence-corrected chi connectivity index (χ3v) is 2.45. The summed E-state index contributed by atoms with van der Waals surface area (Å²) in [5, 5.41) is 5.40. The minimum absolute atomic E-state index is 0.0191. The molecule has 1 unspecified atom stereocenters. The molecule has 1 rings (SSSR count). The highest BCUT2D eigenvalue weighted by molar-refractivity contribution is 5.98. The molecule has 0 aromatic rings. The zero-order valence-corrected chi connectivity index (χ0v) is 9.68. The van der Waals surface area contributed by atoms with E-state index >= 15 is 0 Å². The number of ketones is 1. The van der Waals surface area contributed by atoms with Crippen molar-refractivity contribution in [2.24, 2.45) is 5.92 Å². The maximum absolute atomic E-state index is 11.5. The van der Waals surface area contributed by atoms with Crippen LogP contribution in [0.5, 0.6) is 0 Å². The SMILES string of the molecule is CC(=O)C1=C(C)NC(=O)NC1CC(C)C. The fraction of sp³-hybridized carbons (Fsp3) is 0.636. The minimum Gasteiger partial charge on any atom is -0.331 e. The summed E-state index contributed by atoms with van der Waals surface area (Å²) < 4.78 is 0. The van der Waals surface area contributed by atoms with Crippen molar-refractivity contribution in [1.29, 1.82) is 0 Å². The average molecular weight is 210 g/mol. The number of hydrogen-bond acceptors (Lipinski definition) is 2. The Bertz CT molecular complexity index is 319. The Kier molecular flexibility index (Phi) is 3.50. The van der Waals surface area contributed by atoms with Crippen LogP contribution >= 0.6 is 0 Å². The van der Waals surface area contributed by atoms with E-state index in [1.807, 2.05) is 0 Å². The molecular formula is C11H18N2O2. The van der Waals surface area contributed by atoms with E-state index in [-0.39, 0.29) is 17.9 Å². The molecule has 0 aliphatic carbocycles. The van der Waals surface area contributed by atoms with Gasteiger partial charge in [0, 0.05) is 11.3 Å². The standard InChI is InChI=1S/C11H18N2O2/c1-6(2)5-9-10(8(4)14)7(3)12-11(15)13-9/h6,9H,5H2,1-4H3,(H2,12,13,15). The molecule has 0 aromatic heterocycles. The topological polar surface area (TPSA) is 58.2 Å². The first-order valence-corrected chi connectivity index (χ1v) is 5.21. The van der Waals surface area contributed by atoms with Gasteiger partial charge in [-0.2, -0.15) is 0 Å². The summed E-state index contributed by atoms with van der Waals surface area (Å²) >= 11 is 0. The van der Waals surface area contributed by atoms with Gasteiger partial charge in [0.25, 0.3) is 0 Å². The van der Waals surface area contributed by atoms with E-state index in [1.54, 1.807) is 6.92 Å². The number of Topliss-reactive ketones (excluding diaryl/α,β-unsaturated/α-hetero) is 1. The number of allylic oxidation sites excluding steroid dienone is 1. The van der Waals surface area contributed by atoms with Crippen LogP contribution in [0.2, 0.25) is 0 Å². The molecule has 4 nitrogen and oxygen atoms in total. The number of hydrogen-bond donors (Lipinski definition) is 2. The smallest absolute Gasteiger partial charge is 0.319 e. The van der Waals surface area contributed by atoms with Crippen molar-refractivity contribution >= 4 is 11.8 Å². The second-order valence-electron chi connectivity index (χ2n) is 4.38. The molecule has 2 N–H and O–H groups in total. The highest BCUT2D eigenvalue weighted by Crippen LogP contribution is 2.19. The van der Waals surface area contributed by atoms with Crippen LogP contribution in [0.15, 0.2) is 11.3 Å². The predicted octanol–water partition coefficient (Wildman–Crippen LogP) is 1.58. The fourth-order valence-corrected chi connectivity index (χ4v) is 1.92. The lowest BCUT2D eigenvalue weighted by atomic mass is 9.92. The molecule has 0 fully saturated rings. The van der Waals surface area contributed by atoms with Gasteiger partial charge in [0.2, 0.25) is 0 Å². The van der Waals surface area contributed by atoms with Gasteiger partial charge in [0.1, 0.15) is 0 Å². The zero-order valence-electron chi connectivity index (χ0n) is 9.68. The van der Waals surface area contributed by atoms with Crippen LogP contribution in [-0.4, -0.2) is 17.9 Å². The number of urea groups is 1. The third kappa shape index (κ3) is 2.81. The first-order chi connectivity index (χ1) is 6.91. The molecule has 1 atom stereocenters. The monoisotopic (exact) mass is 210 g/mol. The second kappa shape index (κ2) is 4.47. The largest absolute Gasteiger partial charge is 0.331 e. The molecule has 0 saturated carbocycles. The van der Waals surface area contributed by atoms with Crippen molar-refractivity contribution in [2.45, 2.75) is 40.2 Å². The lowest BCUT2D eigenvalue weighted by Gasteiger charge is -2.28. The van der Waals surface area contributed by atoms with Crippen LogP contribution in [0.1, 0.15) is 34.1 Å². The molecule has 0 bridgehead atoms. The summed E-state index contributed by atoms with van der Waals surface area (Å²) in [6.07, 6.45) is 0.791. The molecular weight excluding hydrogens is 192 g/mol.